The van der Waals surface area contributed by atoms with Gasteiger partial charge in [-0.3, -0.25) is 23.4 Å². The molecule has 0 bridgehead atoms. The molecule has 0 spiro atoms. The third-order valence-electron chi connectivity index (χ3n) is 10.2. The monoisotopic (exact) mass is 894 g/mol. The van der Waals surface area contributed by atoms with E-state index in [1.807, 2.05) is 0 Å². The fourth-order valence-electron chi connectivity index (χ4n) is 6.46. The maximum absolute atomic E-state index is 12.6. The lowest BCUT2D eigenvalue weighted by molar-refractivity contribution is -0.161. The second-order valence-corrected chi connectivity index (χ2v) is 17.7. The van der Waals surface area contributed by atoms with Crippen molar-refractivity contribution in [1.82, 2.24) is 0 Å². The van der Waals surface area contributed by atoms with Gasteiger partial charge in [-0.2, -0.15) is 0 Å². The van der Waals surface area contributed by atoms with E-state index in [0.717, 1.165) is 77.0 Å². The maximum Gasteiger partial charge on any atom is 0.472 e. The smallest absolute Gasteiger partial charge is 0.472 e. The van der Waals surface area contributed by atoms with E-state index in [1.54, 1.807) is 0 Å². The molecule has 0 fully saturated rings. The average molecular weight is 894 g/mol. The predicted octanol–water partition coefficient (Wildman–Crippen LogP) is 13.5. The Kier molecular flexibility index (Phi) is 42.7. The third kappa shape index (κ3) is 43.8. The number of carboxylic acid groups (broad SMARTS) is 1. The minimum Gasteiger partial charge on any atom is -0.480 e. The van der Waals surface area contributed by atoms with Crippen molar-refractivity contribution in [1.29, 1.82) is 0 Å². The lowest BCUT2D eigenvalue weighted by atomic mass is 10.0. The van der Waals surface area contributed by atoms with E-state index in [2.05, 4.69) is 79.1 Å². The lowest BCUT2D eigenvalue weighted by Gasteiger charge is -2.20. The number of carboxylic acids is 1. The summed E-state index contributed by atoms with van der Waals surface area (Å²) < 4.78 is 32.8. The number of esters is 2. The van der Waals surface area contributed by atoms with Crippen LogP contribution in [0.3, 0.4) is 0 Å². The zero-order valence-electron chi connectivity index (χ0n) is 38.9. The predicted molar refractivity (Wildman–Crippen MR) is 254 cm³/mol. The molecule has 0 amide bonds. The van der Waals surface area contributed by atoms with Crippen molar-refractivity contribution in [2.75, 3.05) is 19.8 Å². The second-order valence-electron chi connectivity index (χ2n) is 16.2. The van der Waals surface area contributed by atoms with Crippen LogP contribution < -0.4 is 5.73 Å². The molecule has 0 saturated heterocycles. The number of hydrogen-bond donors (Lipinski definition) is 3. The van der Waals surface area contributed by atoms with Crippen LogP contribution in [-0.4, -0.2) is 59.9 Å². The van der Waals surface area contributed by atoms with E-state index in [1.165, 1.54) is 89.9 Å². The number of phosphoric ester groups is 1. The topological polar surface area (TPSA) is 172 Å². The summed E-state index contributed by atoms with van der Waals surface area (Å²) >= 11 is 0. The molecule has 0 saturated carbocycles. The molecule has 3 unspecified atom stereocenters. The molecule has 11 nitrogen and oxygen atoms in total. The van der Waals surface area contributed by atoms with Crippen molar-refractivity contribution in [3.05, 3.63) is 60.8 Å². The zero-order chi connectivity index (χ0) is 45.6. The van der Waals surface area contributed by atoms with Crippen molar-refractivity contribution in [2.24, 2.45) is 5.73 Å². The molecular weight excluding hydrogens is 806 g/mol. The van der Waals surface area contributed by atoms with Crippen LogP contribution in [-0.2, 0) is 37.5 Å². The van der Waals surface area contributed by atoms with Gasteiger partial charge in [-0.15, -0.1) is 0 Å². The van der Waals surface area contributed by atoms with E-state index in [4.69, 9.17) is 24.8 Å². The fourth-order valence-corrected chi connectivity index (χ4v) is 7.24. The molecule has 4 N–H and O–H groups in total. The Hall–Kier alpha value is -2.82. The van der Waals surface area contributed by atoms with Crippen LogP contribution >= 0.6 is 7.82 Å². The largest absolute Gasteiger partial charge is 0.480 e. The van der Waals surface area contributed by atoms with Gasteiger partial charge in [0.15, 0.2) is 6.10 Å². The molecule has 0 aliphatic heterocycles. The van der Waals surface area contributed by atoms with E-state index in [0.29, 0.717) is 12.8 Å². The highest BCUT2D eigenvalue weighted by molar-refractivity contribution is 7.47. The molecule has 0 heterocycles. The number of carbonyl (C=O) groups is 3. The molecule has 12 heteroatoms. The van der Waals surface area contributed by atoms with Gasteiger partial charge in [-0.25, -0.2) is 4.57 Å². The second kappa shape index (κ2) is 44.8. The van der Waals surface area contributed by atoms with Gasteiger partial charge in [0.1, 0.15) is 12.6 Å². The minimum absolute atomic E-state index is 0.139. The quantitative estimate of drug-likeness (QED) is 0.0230. The van der Waals surface area contributed by atoms with E-state index < -0.39 is 51.1 Å². The van der Waals surface area contributed by atoms with Gasteiger partial charge in [0.2, 0.25) is 0 Å². The first kappa shape index (κ1) is 59.2. The summed E-state index contributed by atoms with van der Waals surface area (Å²) in [5, 5.41) is 8.91. The number of phosphoric acid groups is 1. The summed E-state index contributed by atoms with van der Waals surface area (Å²) in [7, 11) is -4.73. The summed E-state index contributed by atoms with van der Waals surface area (Å²) in [6.07, 6.45) is 52.9. The van der Waals surface area contributed by atoms with Crippen LogP contribution in [0.5, 0.6) is 0 Å². The molecular formula is C50H88NO10P. The van der Waals surface area contributed by atoms with Gasteiger partial charge in [-0.1, -0.05) is 177 Å². The van der Waals surface area contributed by atoms with Gasteiger partial charge >= 0.3 is 25.7 Å². The highest BCUT2D eigenvalue weighted by Crippen LogP contribution is 2.43. The molecule has 0 aliphatic carbocycles. The Morgan fingerprint density at radius 1 is 0.516 bits per heavy atom. The van der Waals surface area contributed by atoms with Crippen LogP contribution in [0.4, 0.5) is 0 Å². The van der Waals surface area contributed by atoms with Gasteiger partial charge in [0.05, 0.1) is 13.2 Å². The fraction of sp³-hybridized carbons (Fsp3) is 0.740. The molecule has 0 aromatic heterocycles. The van der Waals surface area contributed by atoms with Crippen LogP contribution in [0.2, 0.25) is 0 Å². The number of unbranched alkanes of at least 4 members (excludes halogenated alkanes) is 21. The van der Waals surface area contributed by atoms with Crippen molar-refractivity contribution < 1.29 is 47.5 Å². The van der Waals surface area contributed by atoms with E-state index in [9.17, 15) is 23.8 Å². The number of nitrogens with two attached hydrogens (primary N) is 1. The Balaban J connectivity index is 4.26. The van der Waals surface area contributed by atoms with Gasteiger partial charge in [-0.05, 0) is 77.0 Å². The van der Waals surface area contributed by atoms with Gasteiger partial charge in [0.25, 0.3) is 0 Å². The standard InChI is InChI=1S/C50H88NO10P/c1-3-5-7-9-11-13-15-17-19-20-21-22-23-24-25-26-28-29-31-33-35-37-39-41-48(52)58-43-46(44-59-62(56,57)60-45-47(51)50(54)55)61-49(53)42-40-38-36-34-32-30-27-18-16-14-12-10-8-6-4-2/h6,8,12,14-15,17-18,20-21,27,46-47H,3-5,7,9-11,13,16,19,22-26,28-45,51H2,1-2H3,(H,54,55)(H,56,57)/b8-6-,14-12-,17-15-,21-20-,27-18-. The number of ether oxygens (including phenoxy) is 2. The van der Waals surface area contributed by atoms with Crippen LogP contribution in [0.1, 0.15) is 206 Å². The summed E-state index contributed by atoms with van der Waals surface area (Å²) in [6.45, 7) is 2.67. The average Bonchev–Trinajstić information content (AvgIpc) is 3.25. The molecule has 0 radical (unpaired) electrons. The highest BCUT2D eigenvalue weighted by atomic mass is 31.2. The maximum atomic E-state index is 12.6. The van der Waals surface area contributed by atoms with Crippen LogP contribution in [0, 0.1) is 0 Å². The number of carbonyl (C=O) groups excluding carboxylic acids is 2. The van der Waals surface area contributed by atoms with Crippen molar-refractivity contribution >= 4 is 25.7 Å². The SMILES string of the molecule is CC/C=C\C/C=C\C/C=C\CCCCCCCC(=O)OC(COC(=O)CCCCCCCCCCCCC/C=C\C/C=C\CCCCCCC)COP(=O)(O)OCC(N)C(=O)O. The molecule has 0 aliphatic rings. The Morgan fingerprint density at radius 3 is 1.35 bits per heavy atom. The number of aliphatic carboxylic acids is 1. The number of allylic oxidation sites excluding steroid dienone is 10. The molecule has 3 atom stereocenters. The summed E-state index contributed by atoms with van der Waals surface area (Å²) in [6, 6.07) is -1.53. The van der Waals surface area contributed by atoms with Gasteiger partial charge in [0, 0.05) is 12.8 Å². The first-order chi connectivity index (χ1) is 30.1. The van der Waals surface area contributed by atoms with Crippen molar-refractivity contribution in [3.8, 4) is 0 Å². The molecule has 358 valence electrons. The number of hydrogen-bond acceptors (Lipinski definition) is 9. The molecule has 0 aromatic carbocycles. The zero-order valence-corrected chi connectivity index (χ0v) is 39.8. The lowest BCUT2D eigenvalue weighted by Crippen LogP contribution is -2.34. The van der Waals surface area contributed by atoms with Crippen LogP contribution in [0.25, 0.3) is 0 Å². The van der Waals surface area contributed by atoms with E-state index >= 15 is 0 Å². The van der Waals surface area contributed by atoms with Crippen molar-refractivity contribution in [3.63, 3.8) is 0 Å². The normalized spacial score (nSPS) is 14.1. The molecule has 62 heavy (non-hydrogen) atoms. The Morgan fingerprint density at radius 2 is 0.903 bits per heavy atom. The first-order valence-electron chi connectivity index (χ1n) is 24.3. The Bertz CT molecular complexity index is 1280. The third-order valence-corrected chi connectivity index (χ3v) is 11.2. The Labute approximate surface area is 377 Å². The summed E-state index contributed by atoms with van der Waals surface area (Å²) in [5.74, 6) is -2.40. The first-order valence-corrected chi connectivity index (χ1v) is 25.8. The summed E-state index contributed by atoms with van der Waals surface area (Å²) in [4.78, 5) is 46.1. The molecule has 0 rings (SSSR count). The van der Waals surface area contributed by atoms with Crippen molar-refractivity contribution in [2.45, 2.75) is 219 Å². The van der Waals surface area contributed by atoms with E-state index in [-0.39, 0.29) is 19.4 Å². The number of rotatable bonds is 45. The van der Waals surface area contributed by atoms with Gasteiger partial charge < -0.3 is 25.2 Å². The summed E-state index contributed by atoms with van der Waals surface area (Å²) in [5.41, 5.74) is 5.34. The highest BCUT2D eigenvalue weighted by Gasteiger charge is 2.28. The molecule has 0 aromatic rings. The van der Waals surface area contributed by atoms with Crippen LogP contribution in [0.15, 0.2) is 60.8 Å². The minimum atomic E-state index is -4.73.